The number of nitrogens with one attached hydrogen (secondary N) is 1. The molecule has 1 heterocycles. The van der Waals surface area contributed by atoms with Gasteiger partial charge in [0.05, 0.1) is 5.69 Å². The van der Waals surface area contributed by atoms with Crippen molar-refractivity contribution in [2.24, 2.45) is 11.8 Å². The van der Waals surface area contributed by atoms with E-state index >= 15 is 0 Å². The summed E-state index contributed by atoms with van der Waals surface area (Å²) >= 11 is 0. The zero-order valence-corrected chi connectivity index (χ0v) is 12.4. The standard InChI is InChI=1S/C13H21N3O2S/c1-9-7-16(8-10(9)2)11-4-5-13(12(14)6-11)19(17,18)15-3/h4-6,9-10,15H,7-8,14H2,1-3H3. The second-order valence-electron chi connectivity index (χ2n) is 5.29. The SMILES string of the molecule is CNS(=O)(=O)c1ccc(N2CC(C)C(C)C2)cc1N. The van der Waals surface area contributed by atoms with Crippen LogP contribution in [0.4, 0.5) is 11.4 Å². The topological polar surface area (TPSA) is 75.4 Å². The smallest absolute Gasteiger partial charge is 0.242 e. The largest absolute Gasteiger partial charge is 0.398 e. The molecule has 1 aromatic rings. The van der Waals surface area contributed by atoms with Crippen LogP contribution in [0, 0.1) is 11.8 Å². The fourth-order valence-electron chi connectivity index (χ4n) is 2.43. The number of benzene rings is 1. The molecule has 0 bridgehead atoms. The molecule has 2 atom stereocenters. The molecule has 2 rings (SSSR count). The van der Waals surface area contributed by atoms with Gasteiger partial charge in [0.2, 0.25) is 10.0 Å². The van der Waals surface area contributed by atoms with Crippen molar-refractivity contribution in [1.29, 1.82) is 0 Å². The van der Waals surface area contributed by atoms with Crippen molar-refractivity contribution >= 4 is 21.4 Å². The van der Waals surface area contributed by atoms with E-state index in [1.54, 1.807) is 12.1 Å². The Morgan fingerprint density at radius 1 is 1.26 bits per heavy atom. The zero-order chi connectivity index (χ0) is 14.2. The Kier molecular flexibility index (Phi) is 3.73. The number of rotatable bonds is 3. The summed E-state index contributed by atoms with van der Waals surface area (Å²) in [5.74, 6) is 1.28. The predicted molar refractivity (Wildman–Crippen MR) is 77.6 cm³/mol. The first-order valence-electron chi connectivity index (χ1n) is 6.43. The number of nitrogens with two attached hydrogens (primary N) is 1. The summed E-state index contributed by atoms with van der Waals surface area (Å²) in [6.07, 6.45) is 0. The Morgan fingerprint density at radius 2 is 1.84 bits per heavy atom. The molecule has 5 nitrogen and oxygen atoms in total. The van der Waals surface area contributed by atoms with Gasteiger partial charge >= 0.3 is 0 Å². The molecular formula is C13H21N3O2S. The van der Waals surface area contributed by atoms with Crippen molar-refractivity contribution in [2.45, 2.75) is 18.7 Å². The molecule has 0 spiro atoms. The van der Waals surface area contributed by atoms with Gasteiger partial charge in [-0.2, -0.15) is 0 Å². The fraction of sp³-hybridized carbons (Fsp3) is 0.538. The molecule has 1 aromatic carbocycles. The number of hydrogen-bond acceptors (Lipinski definition) is 4. The third-order valence-corrected chi connectivity index (χ3v) is 5.39. The summed E-state index contributed by atoms with van der Waals surface area (Å²) in [5, 5.41) is 0. The summed E-state index contributed by atoms with van der Waals surface area (Å²) in [6, 6.07) is 5.14. The third kappa shape index (κ3) is 2.69. The molecule has 0 amide bonds. The van der Waals surface area contributed by atoms with E-state index in [9.17, 15) is 8.42 Å². The average molecular weight is 283 g/mol. The molecule has 6 heteroatoms. The van der Waals surface area contributed by atoms with Crippen molar-refractivity contribution < 1.29 is 8.42 Å². The minimum Gasteiger partial charge on any atom is -0.398 e. The molecule has 1 aliphatic heterocycles. The molecule has 1 saturated heterocycles. The van der Waals surface area contributed by atoms with E-state index in [1.165, 1.54) is 7.05 Å². The van der Waals surface area contributed by atoms with E-state index in [-0.39, 0.29) is 4.90 Å². The van der Waals surface area contributed by atoms with Crippen molar-refractivity contribution in [3.05, 3.63) is 18.2 Å². The van der Waals surface area contributed by atoms with E-state index in [2.05, 4.69) is 23.5 Å². The Balaban J connectivity index is 2.30. The average Bonchev–Trinajstić information content (AvgIpc) is 2.69. The van der Waals surface area contributed by atoms with Gasteiger partial charge in [-0.25, -0.2) is 13.1 Å². The monoisotopic (exact) mass is 283 g/mol. The number of nitrogens with zero attached hydrogens (tertiary/aromatic N) is 1. The highest BCUT2D eigenvalue weighted by molar-refractivity contribution is 7.89. The van der Waals surface area contributed by atoms with Crippen molar-refractivity contribution in [1.82, 2.24) is 4.72 Å². The second kappa shape index (κ2) is 5.02. The summed E-state index contributed by atoms with van der Waals surface area (Å²) in [6.45, 7) is 6.43. The molecule has 2 unspecified atom stereocenters. The van der Waals surface area contributed by atoms with Gasteiger partial charge in [-0.15, -0.1) is 0 Å². The number of anilines is 2. The van der Waals surface area contributed by atoms with Crippen molar-refractivity contribution in [2.75, 3.05) is 30.8 Å². The highest BCUT2D eigenvalue weighted by Crippen LogP contribution is 2.30. The summed E-state index contributed by atoms with van der Waals surface area (Å²) in [7, 11) is -2.10. The predicted octanol–water partition coefficient (Wildman–Crippen LogP) is 1.27. The molecule has 0 saturated carbocycles. The van der Waals surface area contributed by atoms with Crippen LogP contribution in [0.5, 0.6) is 0 Å². The first-order valence-corrected chi connectivity index (χ1v) is 7.91. The van der Waals surface area contributed by atoms with Gasteiger partial charge in [0, 0.05) is 18.8 Å². The molecular weight excluding hydrogens is 262 g/mol. The van der Waals surface area contributed by atoms with Crippen LogP contribution in [0.15, 0.2) is 23.1 Å². The lowest BCUT2D eigenvalue weighted by Crippen LogP contribution is -2.22. The maximum Gasteiger partial charge on any atom is 0.242 e. The van der Waals surface area contributed by atoms with Gasteiger partial charge < -0.3 is 10.6 Å². The molecule has 106 valence electrons. The Morgan fingerprint density at radius 3 is 2.32 bits per heavy atom. The van der Waals surface area contributed by atoms with Crippen LogP contribution < -0.4 is 15.4 Å². The Hall–Kier alpha value is -1.27. The maximum atomic E-state index is 11.8. The third-order valence-electron chi connectivity index (χ3n) is 3.90. The molecule has 0 aromatic heterocycles. The lowest BCUT2D eigenvalue weighted by molar-refractivity contribution is 0.494. The van der Waals surface area contributed by atoms with E-state index < -0.39 is 10.0 Å². The van der Waals surface area contributed by atoms with Crippen LogP contribution in [0.3, 0.4) is 0 Å². The van der Waals surface area contributed by atoms with Crippen molar-refractivity contribution in [3.63, 3.8) is 0 Å². The van der Waals surface area contributed by atoms with Crippen LogP contribution in [-0.2, 0) is 10.0 Å². The molecule has 1 aliphatic rings. The minimum absolute atomic E-state index is 0.138. The Labute approximate surface area is 114 Å². The highest BCUT2D eigenvalue weighted by Gasteiger charge is 2.27. The lowest BCUT2D eigenvalue weighted by atomic mass is 10.0. The molecule has 0 aliphatic carbocycles. The number of hydrogen-bond donors (Lipinski definition) is 2. The first-order chi connectivity index (χ1) is 8.85. The zero-order valence-electron chi connectivity index (χ0n) is 11.6. The number of sulfonamides is 1. The molecule has 0 radical (unpaired) electrons. The van der Waals surface area contributed by atoms with Crippen LogP contribution in [0.25, 0.3) is 0 Å². The molecule has 3 N–H and O–H groups in total. The van der Waals surface area contributed by atoms with Gasteiger partial charge in [-0.1, -0.05) is 13.8 Å². The van der Waals surface area contributed by atoms with Gasteiger partial charge in [-0.05, 0) is 37.1 Å². The van der Waals surface area contributed by atoms with E-state index in [4.69, 9.17) is 5.73 Å². The summed E-state index contributed by atoms with van der Waals surface area (Å²) < 4.78 is 25.8. The minimum atomic E-state index is -3.48. The molecule has 19 heavy (non-hydrogen) atoms. The fourth-order valence-corrected chi connectivity index (χ4v) is 3.26. The lowest BCUT2D eigenvalue weighted by Gasteiger charge is -2.19. The number of nitrogen functional groups attached to an aromatic ring is 1. The van der Waals surface area contributed by atoms with E-state index in [1.807, 2.05) is 6.07 Å². The van der Waals surface area contributed by atoms with Crippen LogP contribution >= 0.6 is 0 Å². The Bertz CT molecular complexity index is 561. The van der Waals surface area contributed by atoms with Crippen LogP contribution in [0.1, 0.15) is 13.8 Å². The quantitative estimate of drug-likeness (QED) is 0.819. The summed E-state index contributed by atoms with van der Waals surface area (Å²) in [5.41, 5.74) is 7.15. The highest BCUT2D eigenvalue weighted by atomic mass is 32.2. The van der Waals surface area contributed by atoms with Gasteiger partial charge in [0.15, 0.2) is 0 Å². The van der Waals surface area contributed by atoms with Crippen molar-refractivity contribution in [3.8, 4) is 0 Å². The van der Waals surface area contributed by atoms with E-state index in [0.29, 0.717) is 17.5 Å². The van der Waals surface area contributed by atoms with Crippen LogP contribution in [0.2, 0.25) is 0 Å². The maximum absolute atomic E-state index is 11.8. The summed E-state index contributed by atoms with van der Waals surface area (Å²) in [4.78, 5) is 2.39. The second-order valence-corrected chi connectivity index (χ2v) is 7.14. The van der Waals surface area contributed by atoms with E-state index in [0.717, 1.165) is 18.8 Å². The van der Waals surface area contributed by atoms with Crippen LogP contribution in [-0.4, -0.2) is 28.6 Å². The first kappa shape index (κ1) is 14.1. The van der Waals surface area contributed by atoms with Gasteiger partial charge in [0.1, 0.15) is 4.90 Å². The normalized spacial score (nSPS) is 23.8. The van der Waals surface area contributed by atoms with Gasteiger partial charge in [0.25, 0.3) is 0 Å². The molecule has 1 fully saturated rings. The van der Waals surface area contributed by atoms with Gasteiger partial charge in [-0.3, -0.25) is 0 Å².